The Balaban J connectivity index is 1.86. The van der Waals surface area contributed by atoms with Crippen LogP contribution >= 0.6 is 0 Å². The van der Waals surface area contributed by atoms with Crippen molar-refractivity contribution in [1.82, 2.24) is 5.43 Å². The van der Waals surface area contributed by atoms with Gasteiger partial charge in [-0.3, -0.25) is 4.79 Å². The largest absolute Gasteiger partial charge is 0.497 e. The summed E-state index contributed by atoms with van der Waals surface area (Å²) in [6.07, 6.45) is 1.48. The lowest BCUT2D eigenvalue weighted by Gasteiger charge is -2.06. The first-order valence-corrected chi connectivity index (χ1v) is 7.32. The van der Waals surface area contributed by atoms with E-state index in [-0.39, 0.29) is 6.61 Å². The second-order valence-electron chi connectivity index (χ2n) is 4.86. The summed E-state index contributed by atoms with van der Waals surface area (Å²) in [4.78, 5) is 11.7. The number of hydrogen-bond donors (Lipinski definition) is 1. The Hall–Kier alpha value is -3.53. The number of nitrogens with one attached hydrogen (secondary N) is 1. The first-order chi connectivity index (χ1) is 12.1. The number of ether oxygens (including phenoxy) is 3. The Morgan fingerprint density at radius 3 is 2.32 bits per heavy atom. The van der Waals surface area contributed by atoms with E-state index >= 15 is 0 Å². The molecule has 1 amide bonds. The highest BCUT2D eigenvalue weighted by Crippen LogP contribution is 2.21. The highest BCUT2D eigenvalue weighted by atomic mass is 16.5. The van der Waals surface area contributed by atoms with Crippen LogP contribution in [0.2, 0.25) is 0 Å². The monoisotopic (exact) mass is 339 g/mol. The molecule has 2 aromatic carbocycles. The summed E-state index contributed by atoms with van der Waals surface area (Å²) in [6, 6.07) is 13.7. The van der Waals surface area contributed by atoms with Gasteiger partial charge in [0.15, 0.2) is 6.61 Å². The minimum atomic E-state index is -0.407. The van der Waals surface area contributed by atoms with Crippen LogP contribution in [0, 0.1) is 11.3 Å². The van der Waals surface area contributed by atoms with Gasteiger partial charge in [-0.1, -0.05) is 0 Å². The minimum Gasteiger partial charge on any atom is -0.497 e. The van der Waals surface area contributed by atoms with E-state index in [9.17, 15) is 4.79 Å². The van der Waals surface area contributed by atoms with Crippen LogP contribution in [0.15, 0.2) is 47.6 Å². The van der Waals surface area contributed by atoms with Crippen LogP contribution in [0.3, 0.4) is 0 Å². The molecule has 7 heteroatoms. The van der Waals surface area contributed by atoms with E-state index in [1.54, 1.807) is 56.7 Å². The Kier molecular flexibility index (Phi) is 6.37. The third kappa shape index (κ3) is 5.55. The Labute approximate surface area is 145 Å². The molecule has 0 aliphatic rings. The summed E-state index contributed by atoms with van der Waals surface area (Å²) < 4.78 is 15.6. The van der Waals surface area contributed by atoms with Crippen LogP contribution in [-0.2, 0) is 4.79 Å². The predicted molar refractivity (Wildman–Crippen MR) is 91.9 cm³/mol. The number of nitrogens with zero attached hydrogens (tertiary/aromatic N) is 2. The van der Waals surface area contributed by atoms with E-state index < -0.39 is 5.91 Å². The third-order valence-electron chi connectivity index (χ3n) is 3.13. The quantitative estimate of drug-likeness (QED) is 0.616. The number of nitriles is 1. The number of amides is 1. The van der Waals surface area contributed by atoms with E-state index in [2.05, 4.69) is 10.5 Å². The normalized spacial score (nSPS) is 10.1. The summed E-state index contributed by atoms with van der Waals surface area (Å²) in [7, 11) is 3.11. The number of rotatable bonds is 7. The summed E-state index contributed by atoms with van der Waals surface area (Å²) in [5.74, 6) is 1.33. The second kappa shape index (κ2) is 8.93. The first-order valence-electron chi connectivity index (χ1n) is 7.32. The molecule has 0 bridgehead atoms. The van der Waals surface area contributed by atoms with Gasteiger partial charge in [0.25, 0.3) is 5.91 Å². The molecule has 0 saturated carbocycles. The lowest BCUT2D eigenvalue weighted by atomic mass is 10.2. The molecule has 0 heterocycles. The zero-order valence-electron chi connectivity index (χ0n) is 13.9. The third-order valence-corrected chi connectivity index (χ3v) is 3.13. The molecule has 0 spiro atoms. The molecule has 0 unspecified atom stereocenters. The molecule has 0 radical (unpaired) electrons. The van der Waals surface area contributed by atoms with Gasteiger partial charge in [-0.25, -0.2) is 5.43 Å². The van der Waals surface area contributed by atoms with E-state index in [0.717, 1.165) is 0 Å². The van der Waals surface area contributed by atoms with Crippen molar-refractivity contribution >= 4 is 12.1 Å². The second-order valence-corrected chi connectivity index (χ2v) is 4.86. The van der Waals surface area contributed by atoms with Gasteiger partial charge in [-0.05, 0) is 36.4 Å². The lowest BCUT2D eigenvalue weighted by molar-refractivity contribution is -0.123. The maximum atomic E-state index is 11.7. The lowest BCUT2D eigenvalue weighted by Crippen LogP contribution is -2.24. The van der Waals surface area contributed by atoms with Crippen molar-refractivity contribution in [2.24, 2.45) is 5.10 Å². The molecule has 0 fully saturated rings. The smallest absolute Gasteiger partial charge is 0.277 e. The van der Waals surface area contributed by atoms with E-state index in [1.807, 2.05) is 6.07 Å². The van der Waals surface area contributed by atoms with E-state index in [1.165, 1.54) is 6.21 Å². The Bertz CT molecular complexity index is 773. The van der Waals surface area contributed by atoms with Crippen molar-refractivity contribution in [3.63, 3.8) is 0 Å². The summed E-state index contributed by atoms with van der Waals surface area (Å²) in [6.45, 7) is -0.190. The van der Waals surface area contributed by atoms with Gasteiger partial charge in [-0.2, -0.15) is 10.4 Å². The van der Waals surface area contributed by atoms with Crippen molar-refractivity contribution in [2.75, 3.05) is 20.8 Å². The molecular weight excluding hydrogens is 322 g/mol. The maximum Gasteiger partial charge on any atom is 0.277 e. The number of carbonyl (C=O) groups is 1. The zero-order chi connectivity index (χ0) is 18.1. The Morgan fingerprint density at radius 2 is 1.76 bits per heavy atom. The van der Waals surface area contributed by atoms with Crippen molar-refractivity contribution in [3.05, 3.63) is 53.6 Å². The molecule has 2 aromatic rings. The standard InChI is InChI=1S/C18H17N3O4/c1-23-16-7-14(8-17(9-16)24-2)11-20-21-18(22)12-25-15-5-3-13(10-19)4-6-15/h3-9,11H,12H2,1-2H3,(H,21,22)/b20-11+. The van der Waals surface area contributed by atoms with Gasteiger partial charge >= 0.3 is 0 Å². The number of carbonyl (C=O) groups excluding carboxylic acids is 1. The molecule has 0 aliphatic heterocycles. The highest BCUT2D eigenvalue weighted by Gasteiger charge is 2.03. The molecule has 2 rings (SSSR count). The number of hydrogen-bond acceptors (Lipinski definition) is 6. The molecule has 0 saturated heterocycles. The summed E-state index contributed by atoms with van der Waals surface area (Å²) in [5.41, 5.74) is 3.61. The van der Waals surface area contributed by atoms with Gasteiger partial charge in [0.05, 0.1) is 32.1 Å². The van der Waals surface area contributed by atoms with Gasteiger partial charge < -0.3 is 14.2 Å². The molecule has 0 aliphatic carbocycles. The average Bonchev–Trinajstić information content (AvgIpc) is 2.66. The van der Waals surface area contributed by atoms with Gasteiger partial charge in [-0.15, -0.1) is 0 Å². The zero-order valence-corrected chi connectivity index (χ0v) is 13.9. The summed E-state index contributed by atoms with van der Waals surface area (Å²) in [5, 5.41) is 12.6. The van der Waals surface area contributed by atoms with E-state index in [4.69, 9.17) is 19.5 Å². The predicted octanol–water partition coefficient (Wildman–Crippen LogP) is 2.10. The number of hydrazone groups is 1. The molecular formula is C18H17N3O4. The molecule has 0 aromatic heterocycles. The van der Waals surface area contributed by atoms with Crippen LogP contribution in [0.25, 0.3) is 0 Å². The Morgan fingerprint density at radius 1 is 1.12 bits per heavy atom. The molecule has 1 N–H and O–H groups in total. The highest BCUT2D eigenvalue weighted by molar-refractivity contribution is 5.83. The van der Waals surface area contributed by atoms with Crippen LogP contribution in [0.1, 0.15) is 11.1 Å². The molecule has 25 heavy (non-hydrogen) atoms. The van der Waals surface area contributed by atoms with Crippen LogP contribution in [0.4, 0.5) is 0 Å². The fourth-order valence-corrected chi connectivity index (χ4v) is 1.89. The van der Waals surface area contributed by atoms with Gasteiger partial charge in [0, 0.05) is 11.6 Å². The van der Waals surface area contributed by atoms with Crippen molar-refractivity contribution < 1.29 is 19.0 Å². The fraction of sp³-hybridized carbons (Fsp3) is 0.167. The minimum absolute atomic E-state index is 0.190. The number of benzene rings is 2. The van der Waals surface area contributed by atoms with Gasteiger partial charge in [0.1, 0.15) is 17.2 Å². The number of methoxy groups -OCH3 is 2. The first kappa shape index (κ1) is 17.8. The summed E-state index contributed by atoms with van der Waals surface area (Å²) >= 11 is 0. The maximum absolute atomic E-state index is 11.7. The SMILES string of the molecule is COc1cc(/C=N/NC(=O)COc2ccc(C#N)cc2)cc(OC)c1. The van der Waals surface area contributed by atoms with Crippen molar-refractivity contribution in [3.8, 4) is 23.3 Å². The topological polar surface area (TPSA) is 92.9 Å². The molecule has 0 atom stereocenters. The van der Waals surface area contributed by atoms with Crippen LogP contribution < -0.4 is 19.6 Å². The van der Waals surface area contributed by atoms with Crippen molar-refractivity contribution in [2.45, 2.75) is 0 Å². The molecule has 128 valence electrons. The molecule has 7 nitrogen and oxygen atoms in total. The van der Waals surface area contributed by atoms with Crippen LogP contribution in [0.5, 0.6) is 17.2 Å². The fourth-order valence-electron chi connectivity index (χ4n) is 1.89. The van der Waals surface area contributed by atoms with Gasteiger partial charge in [0.2, 0.25) is 0 Å². The van der Waals surface area contributed by atoms with E-state index in [0.29, 0.717) is 28.4 Å². The average molecular weight is 339 g/mol. The van der Waals surface area contributed by atoms with Crippen molar-refractivity contribution in [1.29, 1.82) is 5.26 Å². The van der Waals surface area contributed by atoms with Crippen LogP contribution in [-0.4, -0.2) is 32.9 Å².